The van der Waals surface area contributed by atoms with Crippen LogP contribution in [0.2, 0.25) is 0 Å². The maximum atomic E-state index is 13.6. The summed E-state index contributed by atoms with van der Waals surface area (Å²) in [6, 6.07) is 28.3. The maximum Gasteiger partial charge on any atom is 0.193 e. The van der Waals surface area contributed by atoms with Gasteiger partial charge in [-0.3, -0.25) is 4.79 Å². The lowest BCUT2D eigenvalue weighted by atomic mass is 9.75. The quantitative estimate of drug-likeness (QED) is 0.107. The van der Waals surface area contributed by atoms with Crippen LogP contribution in [0.15, 0.2) is 108 Å². The van der Waals surface area contributed by atoms with E-state index in [9.17, 15) is 9.90 Å². The minimum absolute atomic E-state index is 0.0517. The molecule has 4 heteroatoms. The van der Waals surface area contributed by atoms with Gasteiger partial charge in [0.25, 0.3) is 0 Å². The summed E-state index contributed by atoms with van der Waals surface area (Å²) in [6.07, 6.45) is 5.40. The van der Waals surface area contributed by atoms with Gasteiger partial charge in [-0.05, 0) is 200 Å². The lowest BCUT2D eigenvalue weighted by molar-refractivity contribution is 0.103. The molecular formula is C57H68O4. The van der Waals surface area contributed by atoms with E-state index in [-0.39, 0.29) is 12.4 Å². The standard InChI is InChI=1S/C57H68O4/c1-33(2)51-26-38(10)37(9)22-44(51)27-46-24-40(12)55(30-53(46)35(5)6)60-49-18-14-42(15-19-49)57(59)43-16-20-50(21-17-43)61-56-31-54(36(7)8)47(25-41(56)13)28-45-23-39(11)48(32-58)29-52(45)34(3)4/h14-21,23-26,29-31,33-36,44,58H,22,27-28,32H2,1-13H3. The van der Waals surface area contributed by atoms with Gasteiger partial charge in [0.15, 0.2) is 5.78 Å². The minimum atomic E-state index is -0.0517. The Morgan fingerprint density at radius 2 is 1.02 bits per heavy atom. The highest BCUT2D eigenvalue weighted by molar-refractivity contribution is 6.09. The van der Waals surface area contributed by atoms with Crippen LogP contribution in [0.4, 0.5) is 0 Å². The monoisotopic (exact) mass is 817 g/mol. The molecule has 0 bridgehead atoms. The molecule has 1 aliphatic rings. The molecule has 0 amide bonds. The first kappa shape index (κ1) is 45.3. The number of benzene rings is 5. The highest BCUT2D eigenvalue weighted by Crippen LogP contribution is 2.40. The van der Waals surface area contributed by atoms with Gasteiger partial charge in [0.2, 0.25) is 0 Å². The largest absolute Gasteiger partial charge is 0.457 e. The van der Waals surface area contributed by atoms with Crippen LogP contribution in [0, 0.1) is 32.6 Å². The summed E-state index contributed by atoms with van der Waals surface area (Å²) >= 11 is 0. The molecule has 0 heterocycles. The van der Waals surface area contributed by atoms with Crippen LogP contribution in [-0.2, 0) is 19.4 Å². The summed E-state index contributed by atoms with van der Waals surface area (Å²) in [5, 5.41) is 9.90. The molecule has 0 saturated carbocycles. The lowest BCUT2D eigenvalue weighted by Gasteiger charge is -2.30. The van der Waals surface area contributed by atoms with Crippen LogP contribution in [0.1, 0.15) is 165 Å². The van der Waals surface area contributed by atoms with E-state index in [4.69, 9.17) is 9.47 Å². The van der Waals surface area contributed by atoms with Gasteiger partial charge in [-0.1, -0.05) is 102 Å². The summed E-state index contributed by atoms with van der Waals surface area (Å²) in [4.78, 5) is 13.6. The van der Waals surface area contributed by atoms with Gasteiger partial charge in [0.1, 0.15) is 23.0 Å². The van der Waals surface area contributed by atoms with Crippen LogP contribution < -0.4 is 9.47 Å². The second-order valence-electron chi connectivity index (χ2n) is 18.9. The molecule has 0 spiro atoms. The summed E-state index contributed by atoms with van der Waals surface area (Å²) in [6.45, 7) is 28.9. The van der Waals surface area contributed by atoms with Gasteiger partial charge in [-0.15, -0.1) is 0 Å². The minimum Gasteiger partial charge on any atom is -0.457 e. The first-order chi connectivity index (χ1) is 28.9. The summed E-state index contributed by atoms with van der Waals surface area (Å²) < 4.78 is 13.0. The van der Waals surface area contributed by atoms with Gasteiger partial charge in [0, 0.05) is 11.1 Å². The number of hydrogen-bond donors (Lipinski definition) is 1. The molecule has 0 radical (unpaired) electrons. The van der Waals surface area contributed by atoms with Gasteiger partial charge >= 0.3 is 0 Å². The molecule has 1 atom stereocenters. The number of ketones is 1. The molecule has 0 aromatic heterocycles. The normalized spacial score (nSPS) is 14.4. The summed E-state index contributed by atoms with van der Waals surface area (Å²) in [5.41, 5.74) is 17.8. The number of carbonyl (C=O) groups is 1. The molecule has 61 heavy (non-hydrogen) atoms. The zero-order valence-corrected chi connectivity index (χ0v) is 39.0. The number of aliphatic hydroxyl groups is 1. The van der Waals surface area contributed by atoms with Crippen LogP contribution >= 0.6 is 0 Å². The van der Waals surface area contributed by atoms with E-state index in [1.54, 1.807) is 5.57 Å². The van der Waals surface area contributed by atoms with Gasteiger partial charge in [-0.25, -0.2) is 0 Å². The maximum absolute atomic E-state index is 13.6. The van der Waals surface area contributed by atoms with Gasteiger partial charge in [-0.2, -0.15) is 0 Å². The molecule has 6 rings (SSSR count). The highest BCUT2D eigenvalue weighted by atomic mass is 16.5. The van der Waals surface area contributed by atoms with Crippen molar-refractivity contribution in [3.63, 3.8) is 0 Å². The van der Waals surface area contributed by atoms with Crippen molar-refractivity contribution in [2.24, 2.45) is 11.8 Å². The fourth-order valence-corrected chi connectivity index (χ4v) is 9.05. The predicted molar refractivity (Wildman–Crippen MR) is 254 cm³/mol. The Hall–Kier alpha value is -5.19. The molecule has 0 fully saturated rings. The van der Waals surface area contributed by atoms with Gasteiger partial charge in [0.05, 0.1) is 6.61 Å². The molecule has 0 aliphatic heterocycles. The van der Waals surface area contributed by atoms with Crippen molar-refractivity contribution in [1.29, 1.82) is 0 Å². The van der Waals surface area contributed by atoms with E-state index in [2.05, 4.69) is 132 Å². The van der Waals surface area contributed by atoms with Crippen molar-refractivity contribution in [2.45, 2.75) is 134 Å². The van der Waals surface area contributed by atoms with Crippen molar-refractivity contribution in [2.75, 3.05) is 0 Å². The molecule has 1 N–H and O–H groups in total. The van der Waals surface area contributed by atoms with Crippen molar-refractivity contribution in [1.82, 2.24) is 0 Å². The van der Waals surface area contributed by atoms with Crippen molar-refractivity contribution >= 4 is 5.78 Å². The predicted octanol–water partition coefficient (Wildman–Crippen LogP) is 15.4. The van der Waals surface area contributed by atoms with Crippen molar-refractivity contribution in [3.05, 3.63) is 174 Å². The Morgan fingerprint density at radius 3 is 1.48 bits per heavy atom. The van der Waals surface area contributed by atoms with E-state index >= 15 is 0 Å². The van der Waals surface area contributed by atoms with Crippen LogP contribution in [0.25, 0.3) is 0 Å². The van der Waals surface area contributed by atoms with Crippen LogP contribution in [0.3, 0.4) is 0 Å². The Kier molecular flexibility index (Phi) is 14.3. The third-order valence-corrected chi connectivity index (χ3v) is 12.8. The number of aliphatic hydroxyl groups excluding tert-OH is 1. The fraction of sp³-hybridized carbons (Fsp3) is 0.386. The number of hydrogen-bond acceptors (Lipinski definition) is 4. The molecule has 1 aliphatic carbocycles. The van der Waals surface area contributed by atoms with E-state index < -0.39 is 0 Å². The summed E-state index contributed by atoms with van der Waals surface area (Å²) in [5.74, 6) is 5.06. The lowest BCUT2D eigenvalue weighted by Crippen LogP contribution is -2.18. The first-order valence-electron chi connectivity index (χ1n) is 22.4. The Labute approximate surface area is 366 Å². The number of aryl methyl sites for hydroxylation is 3. The molecule has 5 aromatic carbocycles. The first-order valence-corrected chi connectivity index (χ1v) is 22.4. The zero-order valence-electron chi connectivity index (χ0n) is 39.0. The van der Waals surface area contributed by atoms with Crippen molar-refractivity contribution in [3.8, 4) is 23.0 Å². The Bertz CT molecular complexity index is 2440. The topological polar surface area (TPSA) is 55.8 Å². The highest BCUT2D eigenvalue weighted by Gasteiger charge is 2.25. The fourth-order valence-electron chi connectivity index (χ4n) is 9.05. The Balaban J connectivity index is 1.14. The third-order valence-electron chi connectivity index (χ3n) is 12.8. The second kappa shape index (κ2) is 19.2. The molecule has 0 saturated heterocycles. The average molecular weight is 817 g/mol. The van der Waals surface area contributed by atoms with E-state index in [1.165, 1.54) is 44.5 Å². The molecule has 5 aromatic rings. The molecule has 4 nitrogen and oxygen atoms in total. The van der Waals surface area contributed by atoms with E-state index in [0.29, 0.717) is 52.2 Å². The van der Waals surface area contributed by atoms with E-state index in [0.717, 1.165) is 53.0 Å². The Morgan fingerprint density at radius 1 is 0.574 bits per heavy atom. The van der Waals surface area contributed by atoms with Crippen LogP contribution in [-0.4, -0.2) is 10.9 Å². The average Bonchev–Trinajstić information content (AvgIpc) is 3.21. The van der Waals surface area contributed by atoms with Crippen LogP contribution in [0.5, 0.6) is 23.0 Å². The molecule has 1 unspecified atom stereocenters. The smallest absolute Gasteiger partial charge is 0.193 e. The molecular weight excluding hydrogens is 749 g/mol. The summed E-state index contributed by atoms with van der Waals surface area (Å²) in [7, 11) is 0. The molecule has 320 valence electrons. The number of allylic oxidation sites excluding steroid dienone is 4. The second-order valence-corrected chi connectivity index (χ2v) is 18.9. The zero-order chi connectivity index (χ0) is 44.3. The third kappa shape index (κ3) is 10.5. The van der Waals surface area contributed by atoms with Gasteiger partial charge < -0.3 is 14.6 Å². The van der Waals surface area contributed by atoms with Crippen molar-refractivity contribution < 1.29 is 19.4 Å². The number of ether oxygens (including phenoxy) is 2. The number of rotatable bonds is 15. The van der Waals surface area contributed by atoms with E-state index in [1.807, 2.05) is 48.5 Å². The number of carbonyl (C=O) groups excluding carboxylic acids is 1. The SMILES string of the molecule is CC1=C(C)CC(Cc2cc(C)c(Oc3ccc(C(=O)c4ccc(Oc5cc(C(C)C)c(Cc6cc(C)c(CO)cc6C(C)C)cc5C)cc4)cc3)cc2C(C)C)C(C(C)C)=C1.